The minimum absolute atomic E-state index is 0.0735. The van der Waals surface area contributed by atoms with E-state index in [4.69, 9.17) is 0 Å². The van der Waals surface area contributed by atoms with Crippen molar-refractivity contribution in [3.05, 3.63) is 294 Å². The van der Waals surface area contributed by atoms with Crippen molar-refractivity contribution in [1.29, 1.82) is 0 Å². The smallest absolute Gasteiger partial charge is 0.258 e. The van der Waals surface area contributed by atoms with Gasteiger partial charge in [0.05, 0.1) is 14.8 Å². The Hall–Kier alpha value is -10.4. The molecule has 0 fully saturated rings. The molecule has 0 unspecified atom stereocenters. The van der Waals surface area contributed by atoms with Gasteiger partial charge < -0.3 is 0 Å². The molecule has 0 heterocycles. The molecular weight excluding hydrogens is 967 g/mol. The minimum Gasteiger partial charge on any atom is -0.258 e. The molecule has 0 aliphatic heterocycles. The van der Waals surface area contributed by atoms with Crippen molar-refractivity contribution >= 4 is 122 Å². The number of non-ortho nitro benzene ring substituents is 3. The van der Waals surface area contributed by atoms with Crippen molar-refractivity contribution in [2.75, 3.05) is 0 Å². The Morgan fingerprint density at radius 1 is 0.256 bits per heavy atom. The van der Waals surface area contributed by atoms with Crippen LogP contribution in [0, 0.1) is 30.3 Å². The summed E-state index contributed by atoms with van der Waals surface area (Å²) in [7, 11) is 0. The number of nitro benzene ring substituents is 3. The van der Waals surface area contributed by atoms with Crippen molar-refractivity contribution < 1.29 is 14.8 Å². The Bertz CT molecular complexity index is 3880. The van der Waals surface area contributed by atoms with Gasteiger partial charge in [0.2, 0.25) is 0 Å². The summed E-state index contributed by atoms with van der Waals surface area (Å²) >= 11 is 0. The molecule has 0 spiro atoms. The maximum Gasteiger partial charge on any atom is 0.269 e. The van der Waals surface area contributed by atoms with Gasteiger partial charge >= 0.3 is 0 Å². The highest BCUT2D eigenvalue weighted by Gasteiger charge is 2.34. The first-order valence-electron chi connectivity index (χ1n) is 25.8. The summed E-state index contributed by atoms with van der Waals surface area (Å²) in [4.78, 5) is 32.2. The summed E-state index contributed by atoms with van der Waals surface area (Å²) < 4.78 is 0. The van der Waals surface area contributed by atoms with Gasteiger partial charge in [0.15, 0.2) is 0 Å². The first-order valence-corrected chi connectivity index (χ1v) is 25.8. The lowest BCUT2D eigenvalue weighted by atomic mass is 9.91. The van der Waals surface area contributed by atoms with E-state index in [1.165, 1.54) is 119 Å². The van der Waals surface area contributed by atoms with Crippen LogP contribution >= 0.6 is 0 Å². The monoisotopic (exact) mass is 1010 g/mol. The summed E-state index contributed by atoms with van der Waals surface area (Å²) in [6.07, 6.45) is 28.0. The predicted molar refractivity (Wildman–Crippen MR) is 320 cm³/mol. The van der Waals surface area contributed by atoms with Crippen LogP contribution in [0.15, 0.2) is 164 Å². The van der Waals surface area contributed by atoms with Crippen LogP contribution in [0.1, 0.15) is 100 Å². The van der Waals surface area contributed by atoms with Crippen LogP contribution in [0.3, 0.4) is 0 Å². The molecule has 9 heteroatoms. The maximum atomic E-state index is 11.1. The minimum atomic E-state index is -0.388. The molecule has 9 nitrogen and oxygen atoms in total. The molecule has 10 aromatic rings. The van der Waals surface area contributed by atoms with Gasteiger partial charge in [0.1, 0.15) is 0 Å². The molecule has 0 saturated carbocycles. The average molecular weight is 1010 g/mol. The summed E-state index contributed by atoms with van der Waals surface area (Å²) in [6.45, 7) is 0. The third-order valence-electron chi connectivity index (χ3n) is 15.4. The first-order chi connectivity index (χ1) is 38.1. The Balaban J connectivity index is 0.828. The Labute approximate surface area is 448 Å². The summed E-state index contributed by atoms with van der Waals surface area (Å²) in [5.41, 5.74) is 21.2. The van der Waals surface area contributed by atoms with Crippen molar-refractivity contribution in [3.8, 4) is 0 Å². The third-order valence-corrected chi connectivity index (χ3v) is 15.4. The number of nitrogens with zero attached hydrogens (tertiary/aromatic N) is 3. The molecule has 0 amide bonds. The van der Waals surface area contributed by atoms with E-state index in [0.29, 0.717) is 0 Å². The third kappa shape index (κ3) is 8.88. The van der Waals surface area contributed by atoms with Gasteiger partial charge in [-0.15, -0.1) is 0 Å². The second kappa shape index (κ2) is 19.4. The molecule has 3 aliphatic carbocycles. The maximum absolute atomic E-state index is 11.1. The molecule has 372 valence electrons. The lowest BCUT2D eigenvalue weighted by Gasteiger charge is -2.12. The van der Waals surface area contributed by atoms with E-state index in [-0.39, 0.29) is 31.8 Å². The van der Waals surface area contributed by atoms with Crippen LogP contribution in [0.25, 0.3) is 105 Å². The first kappa shape index (κ1) is 47.3. The lowest BCUT2D eigenvalue weighted by molar-refractivity contribution is -0.385. The van der Waals surface area contributed by atoms with Crippen molar-refractivity contribution in [1.82, 2.24) is 0 Å². The van der Waals surface area contributed by atoms with Gasteiger partial charge in [-0.3, -0.25) is 30.3 Å². The average Bonchev–Trinajstić information content (AvgIpc) is 2.81. The largest absolute Gasteiger partial charge is 0.269 e. The number of nitro groups is 3. The lowest BCUT2D eigenvalue weighted by Crippen LogP contribution is -1.91. The molecule has 10 aromatic carbocycles. The van der Waals surface area contributed by atoms with E-state index in [2.05, 4.69) is 127 Å². The van der Waals surface area contributed by atoms with Crippen LogP contribution < -0.4 is 0 Å². The highest BCUT2D eigenvalue weighted by atomic mass is 16.6. The standard InChI is InChI=1S/C69H45N3O6/c73-70(74)58-31-22-49(23-32-58)16-7-43-1-10-46(11-2-43)19-28-52-37-55-41-62-54(30-21-48-14-5-45(6-15-48)9-18-51-26-35-60(36-27-51)72(77)78)39-57-42-63-53(38-56-40-61(52)67-64(55)68(62)66(57)69(63)65(56)67)29-20-47-12-3-44(4-13-47)8-17-50-24-33-59(34-25-50)71(75)76/h1-39H,40-42H2/b16-7+,17-8+,18-9+,28-19+,29-20+,30-21+. The molecule has 0 radical (unpaired) electrons. The second-order valence-corrected chi connectivity index (χ2v) is 20.1. The predicted octanol–water partition coefficient (Wildman–Crippen LogP) is 17.6. The zero-order valence-corrected chi connectivity index (χ0v) is 41.9. The van der Waals surface area contributed by atoms with Crippen LogP contribution in [-0.4, -0.2) is 14.8 Å². The van der Waals surface area contributed by atoms with E-state index in [1.54, 1.807) is 36.4 Å². The topological polar surface area (TPSA) is 129 Å². The van der Waals surface area contributed by atoms with Gasteiger partial charge in [-0.05, 0) is 188 Å². The molecule has 0 N–H and O–H groups in total. The Morgan fingerprint density at radius 2 is 0.436 bits per heavy atom. The van der Waals surface area contributed by atoms with E-state index in [1.807, 2.05) is 36.5 Å². The quantitative estimate of drug-likeness (QED) is 0.0435. The fourth-order valence-electron chi connectivity index (χ4n) is 11.5. The fraction of sp³-hybridized carbons (Fsp3) is 0.0435. The van der Waals surface area contributed by atoms with Crippen molar-refractivity contribution in [2.24, 2.45) is 0 Å². The highest BCUT2D eigenvalue weighted by Crippen LogP contribution is 2.55. The van der Waals surface area contributed by atoms with Gasteiger partial charge in [-0.2, -0.15) is 0 Å². The number of hydrogen-bond acceptors (Lipinski definition) is 6. The molecule has 13 rings (SSSR count). The van der Waals surface area contributed by atoms with Crippen LogP contribution in [0.4, 0.5) is 17.1 Å². The van der Waals surface area contributed by atoms with Gasteiger partial charge in [-0.1, -0.05) is 164 Å². The Morgan fingerprint density at radius 3 is 0.628 bits per heavy atom. The van der Waals surface area contributed by atoms with Gasteiger partial charge in [0, 0.05) is 36.4 Å². The zero-order chi connectivity index (χ0) is 53.0. The van der Waals surface area contributed by atoms with Crippen LogP contribution in [0.2, 0.25) is 0 Å². The molecule has 0 aromatic heterocycles. The normalized spacial score (nSPS) is 13.2. The molecular formula is C69H45N3O6. The summed E-state index contributed by atoms with van der Waals surface area (Å²) in [5, 5.41) is 41.8. The van der Waals surface area contributed by atoms with Crippen molar-refractivity contribution in [2.45, 2.75) is 19.3 Å². The Kier molecular flexibility index (Phi) is 11.8. The zero-order valence-electron chi connectivity index (χ0n) is 41.9. The second-order valence-electron chi connectivity index (χ2n) is 20.1. The highest BCUT2D eigenvalue weighted by molar-refractivity contribution is 6.34. The summed E-state index contributed by atoms with van der Waals surface area (Å²) in [6, 6.07) is 52.3. The number of benzene rings is 10. The van der Waals surface area contributed by atoms with E-state index >= 15 is 0 Å². The SMILES string of the molecule is O=[N+]([O-])c1ccc(/C=C/c2ccc(/C=C/c3cc4c5c6c3Cc3cc(/C=C/c7ccc(/C=C/c8ccc([N+](=O)[O-])cc8)cc7)c7c(c36)c3c(cc(/C=C/c6ccc(/C=C/c8ccc([N+](=O)[O-])cc8)cc6)c(c53)C4)C7)cc2)cc1. The molecule has 78 heavy (non-hydrogen) atoms. The van der Waals surface area contributed by atoms with Crippen molar-refractivity contribution in [3.63, 3.8) is 0 Å². The molecule has 3 aliphatic rings. The fourth-order valence-corrected chi connectivity index (χ4v) is 11.5. The van der Waals surface area contributed by atoms with Crippen LogP contribution in [0.5, 0.6) is 0 Å². The molecule has 0 bridgehead atoms. The number of rotatable bonds is 15. The van der Waals surface area contributed by atoms with Gasteiger partial charge in [-0.25, -0.2) is 0 Å². The van der Waals surface area contributed by atoms with Crippen LogP contribution in [-0.2, 0) is 19.3 Å². The number of hydrogen-bond donors (Lipinski definition) is 0. The van der Waals surface area contributed by atoms with E-state index in [0.717, 1.165) is 69.3 Å². The summed E-state index contributed by atoms with van der Waals surface area (Å²) in [5.74, 6) is 0. The van der Waals surface area contributed by atoms with E-state index < -0.39 is 0 Å². The van der Waals surface area contributed by atoms with Gasteiger partial charge in [0.25, 0.3) is 17.1 Å². The molecule has 0 atom stereocenters. The van der Waals surface area contributed by atoms with E-state index in [9.17, 15) is 30.3 Å². The molecule has 0 saturated heterocycles.